The lowest BCUT2D eigenvalue weighted by Gasteiger charge is -2.23. The summed E-state index contributed by atoms with van der Waals surface area (Å²) in [7, 11) is 0. The highest BCUT2D eigenvalue weighted by Crippen LogP contribution is 2.15. The molecule has 2 heterocycles. The molecule has 0 saturated carbocycles. The normalized spacial score (nSPS) is 14.9. The summed E-state index contributed by atoms with van der Waals surface area (Å²) in [4.78, 5) is 28.7. The van der Waals surface area contributed by atoms with Crippen LogP contribution < -0.4 is 10.5 Å². The first kappa shape index (κ1) is 19.1. The van der Waals surface area contributed by atoms with Gasteiger partial charge in [0.2, 0.25) is 5.91 Å². The second-order valence-corrected chi connectivity index (χ2v) is 7.10. The first-order chi connectivity index (χ1) is 13.1. The van der Waals surface area contributed by atoms with E-state index in [2.05, 4.69) is 16.9 Å². The van der Waals surface area contributed by atoms with E-state index in [1.807, 2.05) is 36.1 Å². The maximum atomic E-state index is 12.3. The SMILES string of the molecule is CCCCC(=O)N1CCCN(c2ccc(=O)n(-c3ccc(C)cc3)n2)CC1. The van der Waals surface area contributed by atoms with Gasteiger partial charge < -0.3 is 9.80 Å². The van der Waals surface area contributed by atoms with Crippen LogP contribution in [0.1, 0.15) is 38.2 Å². The van der Waals surface area contributed by atoms with Gasteiger partial charge in [-0.15, -0.1) is 5.10 Å². The van der Waals surface area contributed by atoms with Crippen LogP contribution in [0, 0.1) is 6.92 Å². The quantitative estimate of drug-likeness (QED) is 0.814. The van der Waals surface area contributed by atoms with Crippen LogP contribution >= 0.6 is 0 Å². The monoisotopic (exact) mass is 368 g/mol. The molecule has 1 amide bonds. The smallest absolute Gasteiger partial charge is 0.271 e. The van der Waals surface area contributed by atoms with Crippen LogP contribution in [0.2, 0.25) is 0 Å². The van der Waals surface area contributed by atoms with Gasteiger partial charge in [0.25, 0.3) is 5.56 Å². The summed E-state index contributed by atoms with van der Waals surface area (Å²) >= 11 is 0. The highest BCUT2D eigenvalue weighted by Gasteiger charge is 2.20. The third-order valence-corrected chi connectivity index (χ3v) is 4.98. The number of nitrogens with zero attached hydrogens (tertiary/aromatic N) is 4. The zero-order chi connectivity index (χ0) is 19.2. The molecule has 0 N–H and O–H groups in total. The predicted octanol–water partition coefficient (Wildman–Crippen LogP) is 2.77. The predicted molar refractivity (Wildman–Crippen MR) is 108 cm³/mol. The zero-order valence-corrected chi connectivity index (χ0v) is 16.2. The maximum Gasteiger partial charge on any atom is 0.271 e. The molecule has 1 aliphatic rings. The molecule has 1 fully saturated rings. The molecule has 0 radical (unpaired) electrons. The van der Waals surface area contributed by atoms with E-state index in [0.717, 1.165) is 56.0 Å². The highest BCUT2D eigenvalue weighted by molar-refractivity contribution is 5.76. The lowest BCUT2D eigenvalue weighted by atomic mass is 10.2. The van der Waals surface area contributed by atoms with E-state index in [-0.39, 0.29) is 11.5 Å². The third-order valence-electron chi connectivity index (χ3n) is 4.98. The van der Waals surface area contributed by atoms with Gasteiger partial charge in [0, 0.05) is 38.7 Å². The van der Waals surface area contributed by atoms with Crippen molar-refractivity contribution in [2.75, 3.05) is 31.1 Å². The zero-order valence-electron chi connectivity index (χ0n) is 16.2. The number of hydrogen-bond acceptors (Lipinski definition) is 4. The number of unbranched alkanes of at least 4 members (excludes halogenated alkanes) is 1. The number of benzene rings is 1. The molecule has 1 saturated heterocycles. The Morgan fingerprint density at radius 1 is 1.04 bits per heavy atom. The summed E-state index contributed by atoms with van der Waals surface area (Å²) in [6.45, 7) is 7.17. The van der Waals surface area contributed by atoms with Crippen LogP contribution in [0.5, 0.6) is 0 Å². The molecule has 6 nitrogen and oxygen atoms in total. The van der Waals surface area contributed by atoms with Gasteiger partial charge in [-0.05, 0) is 38.0 Å². The van der Waals surface area contributed by atoms with Crippen LogP contribution in [0.25, 0.3) is 5.69 Å². The van der Waals surface area contributed by atoms with Crippen LogP contribution in [-0.2, 0) is 4.79 Å². The maximum absolute atomic E-state index is 12.3. The number of carbonyl (C=O) groups is 1. The van der Waals surface area contributed by atoms with E-state index < -0.39 is 0 Å². The van der Waals surface area contributed by atoms with E-state index in [1.54, 1.807) is 12.1 Å². The summed E-state index contributed by atoms with van der Waals surface area (Å²) < 4.78 is 1.45. The molecule has 6 heteroatoms. The molecule has 0 bridgehead atoms. The van der Waals surface area contributed by atoms with Gasteiger partial charge in [-0.3, -0.25) is 9.59 Å². The number of aromatic nitrogens is 2. The number of carbonyl (C=O) groups excluding carboxylic acids is 1. The van der Waals surface area contributed by atoms with Crippen molar-refractivity contribution in [1.82, 2.24) is 14.7 Å². The van der Waals surface area contributed by atoms with Gasteiger partial charge in [-0.1, -0.05) is 31.0 Å². The Morgan fingerprint density at radius 2 is 1.81 bits per heavy atom. The van der Waals surface area contributed by atoms with Crippen molar-refractivity contribution in [3.8, 4) is 5.69 Å². The molecule has 1 aromatic heterocycles. The fraction of sp³-hybridized carbons (Fsp3) is 0.476. The molecule has 0 unspecified atom stereocenters. The Kier molecular flexibility index (Phi) is 6.27. The minimum Gasteiger partial charge on any atom is -0.353 e. The summed E-state index contributed by atoms with van der Waals surface area (Å²) in [5, 5.41) is 4.58. The Morgan fingerprint density at radius 3 is 2.56 bits per heavy atom. The highest BCUT2D eigenvalue weighted by atomic mass is 16.2. The molecule has 0 atom stereocenters. The fourth-order valence-electron chi connectivity index (χ4n) is 3.32. The van der Waals surface area contributed by atoms with Crippen LogP contribution in [0.4, 0.5) is 5.82 Å². The number of rotatable bonds is 5. The van der Waals surface area contributed by atoms with Crippen molar-refractivity contribution in [1.29, 1.82) is 0 Å². The topological polar surface area (TPSA) is 58.4 Å². The van der Waals surface area contributed by atoms with E-state index in [4.69, 9.17) is 0 Å². The first-order valence-corrected chi connectivity index (χ1v) is 9.78. The van der Waals surface area contributed by atoms with E-state index in [9.17, 15) is 9.59 Å². The standard InChI is InChI=1S/C21H28N4O2/c1-3-4-6-20(26)24-14-5-13-23(15-16-24)19-11-12-21(27)25(22-19)18-9-7-17(2)8-10-18/h7-12H,3-6,13-16H2,1-2H3. The second-order valence-electron chi connectivity index (χ2n) is 7.10. The summed E-state index contributed by atoms with van der Waals surface area (Å²) in [5.41, 5.74) is 1.76. The van der Waals surface area contributed by atoms with Gasteiger partial charge >= 0.3 is 0 Å². The summed E-state index contributed by atoms with van der Waals surface area (Å²) in [6.07, 6.45) is 3.52. The average Bonchev–Trinajstić information content (AvgIpc) is 2.94. The van der Waals surface area contributed by atoms with Gasteiger partial charge in [0.05, 0.1) is 5.69 Å². The van der Waals surface area contributed by atoms with E-state index in [1.165, 1.54) is 4.68 Å². The average molecular weight is 368 g/mol. The lowest BCUT2D eigenvalue weighted by Crippen LogP contribution is -2.35. The van der Waals surface area contributed by atoms with E-state index in [0.29, 0.717) is 13.0 Å². The summed E-state index contributed by atoms with van der Waals surface area (Å²) in [5.74, 6) is 1.02. The minimum atomic E-state index is -0.145. The molecule has 2 aromatic rings. The van der Waals surface area contributed by atoms with Crippen molar-refractivity contribution >= 4 is 11.7 Å². The van der Waals surface area contributed by atoms with Crippen molar-refractivity contribution in [2.45, 2.75) is 39.5 Å². The van der Waals surface area contributed by atoms with Gasteiger partial charge in [-0.2, -0.15) is 4.68 Å². The molecule has 1 aliphatic heterocycles. The van der Waals surface area contributed by atoms with Crippen LogP contribution in [-0.4, -0.2) is 46.8 Å². The van der Waals surface area contributed by atoms with Crippen molar-refractivity contribution in [3.05, 3.63) is 52.3 Å². The van der Waals surface area contributed by atoms with Gasteiger partial charge in [-0.25, -0.2) is 0 Å². The van der Waals surface area contributed by atoms with E-state index >= 15 is 0 Å². The number of aryl methyl sites for hydroxylation is 1. The molecule has 1 aromatic carbocycles. The third kappa shape index (κ3) is 4.76. The van der Waals surface area contributed by atoms with Crippen molar-refractivity contribution < 1.29 is 4.79 Å². The molecule has 0 spiro atoms. The molecule has 27 heavy (non-hydrogen) atoms. The first-order valence-electron chi connectivity index (χ1n) is 9.78. The second kappa shape index (κ2) is 8.84. The van der Waals surface area contributed by atoms with Crippen LogP contribution in [0.3, 0.4) is 0 Å². The summed E-state index contributed by atoms with van der Waals surface area (Å²) in [6, 6.07) is 11.1. The largest absolute Gasteiger partial charge is 0.353 e. The van der Waals surface area contributed by atoms with Crippen LogP contribution in [0.15, 0.2) is 41.2 Å². The minimum absolute atomic E-state index is 0.145. The number of hydrogen-bond donors (Lipinski definition) is 0. The Bertz CT molecular complexity index is 829. The number of amides is 1. The fourth-order valence-corrected chi connectivity index (χ4v) is 3.32. The Balaban J connectivity index is 1.75. The lowest BCUT2D eigenvalue weighted by molar-refractivity contribution is -0.131. The van der Waals surface area contributed by atoms with Gasteiger partial charge in [0.1, 0.15) is 5.82 Å². The molecular formula is C21H28N4O2. The van der Waals surface area contributed by atoms with Crippen molar-refractivity contribution in [2.24, 2.45) is 0 Å². The number of anilines is 1. The Labute approximate surface area is 160 Å². The molecule has 0 aliphatic carbocycles. The van der Waals surface area contributed by atoms with Gasteiger partial charge in [0.15, 0.2) is 0 Å². The molecule has 144 valence electrons. The van der Waals surface area contributed by atoms with Crippen molar-refractivity contribution in [3.63, 3.8) is 0 Å². The Hall–Kier alpha value is -2.63. The molecule has 3 rings (SSSR count). The molecular weight excluding hydrogens is 340 g/mol.